The van der Waals surface area contributed by atoms with Crippen molar-refractivity contribution in [2.75, 3.05) is 0 Å². The maximum absolute atomic E-state index is 13.9. The molecule has 2 aromatic heterocycles. The maximum atomic E-state index is 13.9. The van der Waals surface area contributed by atoms with Crippen molar-refractivity contribution in [1.82, 2.24) is 20.0 Å². The highest BCUT2D eigenvalue weighted by Crippen LogP contribution is 2.28. The molecule has 6 nitrogen and oxygen atoms in total. The van der Waals surface area contributed by atoms with Gasteiger partial charge in [-0.25, -0.2) is 4.39 Å². The smallest absolute Gasteiger partial charge is 0.246 e. The zero-order valence-electron chi connectivity index (χ0n) is 13.7. The number of hydrogen-bond donors (Lipinski definition) is 1. The molecule has 0 saturated heterocycles. The minimum atomic E-state index is -0.539. The van der Waals surface area contributed by atoms with Gasteiger partial charge in [-0.15, -0.1) is 0 Å². The lowest BCUT2D eigenvalue weighted by atomic mass is 10.2. The van der Waals surface area contributed by atoms with Crippen molar-refractivity contribution in [1.29, 1.82) is 0 Å². The van der Waals surface area contributed by atoms with Gasteiger partial charge in [-0.1, -0.05) is 22.8 Å². The van der Waals surface area contributed by atoms with Crippen molar-refractivity contribution >= 4 is 17.5 Å². The van der Waals surface area contributed by atoms with E-state index in [0.717, 1.165) is 11.4 Å². The number of benzene rings is 1. The molecule has 0 aliphatic carbocycles. The Bertz CT molecular complexity index is 880. The third-order valence-electron chi connectivity index (χ3n) is 3.81. The van der Waals surface area contributed by atoms with E-state index in [2.05, 4.69) is 15.5 Å². The molecule has 130 valence electrons. The van der Waals surface area contributed by atoms with E-state index in [0.29, 0.717) is 0 Å². The third-order valence-corrected chi connectivity index (χ3v) is 4.13. The van der Waals surface area contributed by atoms with Crippen LogP contribution >= 0.6 is 11.6 Å². The average molecular weight is 363 g/mol. The molecule has 0 aliphatic rings. The number of hydrogen-bond acceptors (Lipinski definition) is 4. The Balaban J connectivity index is 1.65. The molecule has 1 aromatic carbocycles. The number of nitrogens with one attached hydrogen (secondary N) is 1. The van der Waals surface area contributed by atoms with Crippen LogP contribution in [0.1, 0.15) is 17.3 Å². The Morgan fingerprint density at radius 1 is 1.28 bits per heavy atom. The fourth-order valence-electron chi connectivity index (χ4n) is 2.46. The molecular formula is C17H16ClFN4O2. The van der Waals surface area contributed by atoms with Crippen molar-refractivity contribution in [3.8, 4) is 11.4 Å². The molecule has 3 aromatic rings. The average Bonchev–Trinajstić information content (AvgIpc) is 3.15. The summed E-state index contributed by atoms with van der Waals surface area (Å²) < 4.78 is 20.8. The monoisotopic (exact) mass is 362 g/mol. The number of halogens is 2. The molecule has 0 atom stereocenters. The molecule has 0 unspecified atom stereocenters. The first-order valence-electron chi connectivity index (χ1n) is 7.62. The highest BCUT2D eigenvalue weighted by Gasteiger charge is 2.16. The number of nitrogens with zero attached hydrogens (tertiary/aromatic N) is 3. The van der Waals surface area contributed by atoms with Gasteiger partial charge in [-0.2, -0.15) is 4.98 Å². The van der Waals surface area contributed by atoms with Crippen LogP contribution in [0.4, 0.5) is 4.39 Å². The van der Waals surface area contributed by atoms with Gasteiger partial charge in [-0.05, 0) is 38.1 Å². The topological polar surface area (TPSA) is 73.0 Å². The summed E-state index contributed by atoms with van der Waals surface area (Å²) >= 11 is 5.98. The summed E-state index contributed by atoms with van der Waals surface area (Å²) in [4.78, 5) is 16.2. The van der Waals surface area contributed by atoms with Gasteiger partial charge < -0.3 is 14.4 Å². The van der Waals surface area contributed by atoms with E-state index in [1.807, 2.05) is 30.5 Å². The van der Waals surface area contributed by atoms with Crippen LogP contribution in [0, 0.1) is 19.7 Å². The zero-order valence-corrected chi connectivity index (χ0v) is 14.5. The summed E-state index contributed by atoms with van der Waals surface area (Å²) in [5.41, 5.74) is 2.08. The number of carbonyl (C=O) groups is 1. The first-order chi connectivity index (χ1) is 12.0. The van der Waals surface area contributed by atoms with E-state index in [9.17, 15) is 9.18 Å². The molecule has 0 fully saturated rings. The van der Waals surface area contributed by atoms with Crippen LogP contribution in [0.3, 0.4) is 0 Å². The van der Waals surface area contributed by atoms with Gasteiger partial charge in [0.2, 0.25) is 17.6 Å². The largest absolute Gasteiger partial charge is 0.345 e. The van der Waals surface area contributed by atoms with Crippen molar-refractivity contribution in [2.24, 2.45) is 0 Å². The zero-order chi connectivity index (χ0) is 18.0. The summed E-state index contributed by atoms with van der Waals surface area (Å²) in [6.07, 6.45) is 0. The van der Waals surface area contributed by atoms with Gasteiger partial charge in [0.1, 0.15) is 12.4 Å². The first kappa shape index (κ1) is 17.2. The van der Waals surface area contributed by atoms with E-state index >= 15 is 0 Å². The lowest BCUT2D eigenvalue weighted by Crippen LogP contribution is -2.27. The summed E-state index contributed by atoms with van der Waals surface area (Å²) in [5, 5.41) is 6.62. The van der Waals surface area contributed by atoms with Gasteiger partial charge in [0.05, 0.1) is 17.1 Å². The van der Waals surface area contributed by atoms with E-state index in [1.165, 1.54) is 12.1 Å². The SMILES string of the molecule is Cc1ccc(C)n1CC(=O)NCc1nc(-c2c(F)cccc2Cl)no1. The van der Waals surface area contributed by atoms with Gasteiger partial charge in [0.15, 0.2) is 0 Å². The quantitative estimate of drug-likeness (QED) is 0.756. The Hall–Kier alpha value is -2.67. The molecule has 0 radical (unpaired) electrons. The van der Waals surface area contributed by atoms with Crippen LogP contribution in [-0.2, 0) is 17.9 Å². The Kier molecular flexibility index (Phi) is 4.85. The number of aromatic nitrogens is 3. The van der Waals surface area contributed by atoms with E-state index in [1.54, 1.807) is 6.07 Å². The molecule has 0 saturated carbocycles. The van der Waals surface area contributed by atoms with Crippen LogP contribution in [0.15, 0.2) is 34.9 Å². The molecule has 1 amide bonds. The number of aryl methyl sites for hydroxylation is 2. The maximum Gasteiger partial charge on any atom is 0.246 e. The van der Waals surface area contributed by atoms with Crippen molar-refractivity contribution in [3.63, 3.8) is 0 Å². The predicted octanol–water partition coefficient (Wildman–Crippen LogP) is 3.26. The minimum Gasteiger partial charge on any atom is -0.345 e. The van der Waals surface area contributed by atoms with E-state index in [4.69, 9.17) is 16.1 Å². The lowest BCUT2D eigenvalue weighted by Gasteiger charge is -2.08. The molecule has 8 heteroatoms. The van der Waals surface area contributed by atoms with Crippen LogP contribution < -0.4 is 5.32 Å². The molecule has 0 bridgehead atoms. The Morgan fingerprint density at radius 2 is 2.00 bits per heavy atom. The van der Waals surface area contributed by atoms with E-state index in [-0.39, 0.29) is 41.3 Å². The van der Waals surface area contributed by atoms with Crippen LogP contribution in [-0.4, -0.2) is 20.6 Å². The molecule has 25 heavy (non-hydrogen) atoms. The predicted molar refractivity (Wildman–Crippen MR) is 90.5 cm³/mol. The standard InChI is InChI=1S/C17H16ClFN4O2/c1-10-6-7-11(2)23(10)9-14(24)20-8-15-21-17(22-25-15)16-12(18)4-3-5-13(16)19/h3-7H,8-9H2,1-2H3,(H,20,24). The lowest BCUT2D eigenvalue weighted by molar-refractivity contribution is -0.122. The second-order valence-corrected chi connectivity index (χ2v) is 5.99. The van der Waals surface area contributed by atoms with Crippen LogP contribution in [0.5, 0.6) is 0 Å². The summed E-state index contributed by atoms with van der Waals surface area (Å²) in [7, 11) is 0. The molecule has 0 spiro atoms. The molecule has 3 rings (SSSR count). The van der Waals surface area contributed by atoms with Crippen molar-refractivity contribution in [3.05, 3.63) is 58.5 Å². The highest BCUT2D eigenvalue weighted by molar-refractivity contribution is 6.33. The summed E-state index contributed by atoms with van der Waals surface area (Å²) in [5.74, 6) is -0.512. The highest BCUT2D eigenvalue weighted by atomic mass is 35.5. The van der Waals surface area contributed by atoms with E-state index < -0.39 is 5.82 Å². The first-order valence-corrected chi connectivity index (χ1v) is 8.00. The second kappa shape index (κ2) is 7.06. The normalized spacial score (nSPS) is 10.9. The van der Waals surface area contributed by atoms with Gasteiger partial charge in [0, 0.05) is 11.4 Å². The molecule has 2 heterocycles. The molecule has 0 aliphatic heterocycles. The number of carbonyl (C=O) groups excluding carboxylic acids is 1. The minimum absolute atomic E-state index is 0.0458. The molecular weight excluding hydrogens is 347 g/mol. The van der Waals surface area contributed by atoms with Crippen LogP contribution in [0.25, 0.3) is 11.4 Å². The summed E-state index contributed by atoms with van der Waals surface area (Å²) in [6, 6.07) is 8.20. The van der Waals surface area contributed by atoms with Crippen molar-refractivity contribution < 1.29 is 13.7 Å². The molecule has 1 N–H and O–H groups in total. The second-order valence-electron chi connectivity index (χ2n) is 5.59. The van der Waals surface area contributed by atoms with Gasteiger partial charge in [0.25, 0.3) is 0 Å². The van der Waals surface area contributed by atoms with Crippen molar-refractivity contribution in [2.45, 2.75) is 26.9 Å². The van der Waals surface area contributed by atoms with Gasteiger partial charge >= 0.3 is 0 Å². The fourth-order valence-corrected chi connectivity index (χ4v) is 2.71. The Labute approximate surface area is 148 Å². The number of rotatable bonds is 5. The number of amides is 1. The fraction of sp³-hybridized carbons (Fsp3) is 0.235. The third kappa shape index (κ3) is 3.71. The summed E-state index contributed by atoms with van der Waals surface area (Å²) in [6.45, 7) is 4.12. The van der Waals surface area contributed by atoms with Gasteiger partial charge in [-0.3, -0.25) is 4.79 Å². The van der Waals surface area contributed by atoms with Crippen LogP contribution in [0.2, 0.25) is 5.02 Å². The Morgan fingerprint density at radius 3 is 2.68 bits per heavy atom.